The van der Waals surface area contributed by atoms with Crippen molar-refractivity contribution in [1.29, 1.82) is 0 Å². The third-order valence-electron chi connectivity index (χ3n) is 1.13. The Bertz CT molecular complexity index is 162. The SMILES string of the molecule is NC(=O)CCC(N)C(=O)NI. The number of carbonyl (C=O) groups excluding carboxylic acids is 2. The van der Waals surface area contributed by atoms with Gasteiger partial charge >= 0.3 is 0 Å². The molecule has 5 nitrogen and oxygen atoms in total. The lowest BCUT2D eigenvalue weighted by Crippen LogP contribution is -2.37. The van der Waals surface area contributed by atoms with Gasteiger partial charge in [-0.1, -0.05) is 0 Å². The number of carbonyl (C=O) groups is 2. The first-order valence-corrected chi connectivity index (χ1v) is 4.10. The van der Waals surface area contributed by atoms with Crippen LogP contribution in [0.25, 0.3) is 0 Å². The van der Waals surface area contributed by atoms with Crippen LogP contribution in [0.5, 0.6) is 0 Å². The Labute approximate surface area is 78.4 Å². The number of halogens is 1. The average Bonchev–Trinajstić information content (AvgIpc) is 1.98. The van der Waals surface area contributed by atoms with Crippen LogP contribution in [-0.2, 0) is 9.59 Å². The molecule has 0 rings (SSSR count). The third kappa shape index (κ3) is 4.96. The zero-order chi connectivity index (χ0) is 8.85. The molecule has 0 saturated carbocycles. The summed E-state index contributed by atoms with van der Waals surface area (Å²) >= 11 is 1.69. The molecule has 0 aliphatic carbocycles. The maximum Gasteiger partial charge on any atom is 0.245 e. The van der Waals surface area contributed by atoms with Crippen LogP contribution in [-0.4, -0.2) is 17.9 Å². The molecule has 11 heavy (non-hydrogen) atoms. The maximum atomic E-state index is 10.7. The lowest BCUT2D eigenvalue weighted by molar-refractivity contribution is -0.120. The Hall–Kier alpha value is -0.370. The van der Waals surface area contributed by atoms with E-state index in [4.69, 9.17) is 11.5 Å². The fraction of sp³-hybridized carbons (Fsp3) is 0.600. The Morgan fingerprint density at radius 2 is 2.09 bits per heavy atom. The summed E-state index contributed by atoms with van der Waals surface area (Å²) in [6, 6.07) is -0.639. The zero-order valence-electron chi connectivity index (χ0n) is 5.84. The van der Waals surface area contributed by atoms with Gasteiger partial charge in [0.25, 0.3) is 0 Å². The van der Waals surface area contributed by atoms with E-state index in [9.17, 15) is 9.59 Å². The molecule has 64 valence electrons. The van der Waals surface area contributed by atoms with Crippen LogP contribution in [0, 0.1) is 0 Å². The molecule has 0 aromatic rings. The summed E-state index contributed by atoms with van der Waals surface area (Å²) in [6.45, 7) is 0. The van der Waals surface area contributed by atoms with Gasteiger partial charge in [-0.2, -0.15) is 0 Å². The number of nitrogens with two attached hydrogens (primary N) is 2. The first kappa shape index (κ1) is 10.6. The minimum atomic E-state index is -0.639. The largest absolute Gasteiger partial charge is 0.370 e. The van der Waals surface area contributed by atoms with Gasteiger partial charge in [-0.15, -0.1) is 0 Å². The van der Waals surface area contributed by atoms with Crippen molar-refractivity contribution in [2.24, 2.45) is 11.5 Å². The third-order valence-corrected chi connectivity index (χ3v) is 1.66. The number of nitrogens with one attached hydrogen (secondary N) is 1. The molecule has 0 fully saturated rings. The van der Waals surface area contributed by atoms with E-state index in [2.05, 4.69) is 3.53 Å². The summed E-state index contributed by atoms with van der Waals surface area (Å²) in [4.78, 5) is 21.0. The van der Waals surface area contributed by atoms with Gasteiger partial charge in [-0.25, -0.2) is 0 Å². The standard InChI is InChI=1S/C5H10IN3O2/c6-9-5(11)3(7)1-2-4(8)10/h3H,1-2,7H2,(H2,8,10)(H,9,11). The first-order valence-electron chi connectivity index (χ1n) is 3.02. The van der Waals surface area contributed by atoms with Gasteiger partial charge in [-0.05, 0) is 6.42 Å². The second-order valence-electron chi connectivity index (χ2n) is 2.07. The van der Waals surface area contributed by atoms with Crippen LogP contribution >= 0.6 is 22.9 Å². The van der Waals surface area contributed by atoms with Crippen LogP contribution < -0.4 is 15.0 Å². The van der Waals surface area contributed by atoms with Gasteiger partial charge in [0.2, 0.25) is 11.8 Å². The minimum Gasteiger partial charge on any atom is -0.370 e. The quantitative estimate of drug-likeness (QED) is 0.454. The fourth-order valence-electron chi connectivity index (χ4n) is 0.499. The van der Waals surface area contributed by atoms with Gasteiger partial charge < -0.3 is 11.5 Å². The molecule has 0 bridgehead atoms. The number of primary amides is 1. The van der Waals surface area contributed by atoms with Crippen molar-refractivity contribution < 1.29 is 9.59 Å². The molecule has 0 spiro atoms. The molecule has 0 aliphatic rings. The van der Waals surface area contributed by atoms with E-state index in [-0.39, 0.29) is 12.3 Å². The second-order valence-corrected chi connectivity index (χ2v) is 2.61. The molecule has 0 aromatic carbocycles. The molecule has 0 aliphatic heterocycles. The van der Waals surface area contributed by atoms with E-state index in [0.717, 1.165) is 0 Å². The van der Waals surface area contributed by atoms with Crippen LogP contribution in [0.4, 0.5) is 0 Å². The van der Waals surface area contributed by atoms with Crippen molar-refractivity contribution in [2.75, 3.05) is 0 Å². The maximum absolute atomic E-state index is 10.7. The van der Waals surface area contributed by atoms with Gasteiger partial charge in [0.1, 0.15) is 0 Å². The highest BCUT2D eigenvalue weighted by Crippen LogP contribution is 1.94. The Kier molecular flexibility index (Phi) is 5.12. The van der Waals surface area contributed by atoms with Crippen molar-refractivity contribution in [2.45, 2.75) is 18.9 Å². The van der Waals surface area contributed by atoms with E-state index in [1.54, 1.807) is 22.9 Å². The molecular weight excluding hydrogens is 261 g/mol. The summed E-state index contributed by atoms with van der Waals surface area (Å²) in [5.74, 6) is -0.728. The predicted molar refractivity (Wildman–Crippen MR) is 48.6 cm³/mol. The first-order chi connectivity index (χ1) is 5.07. The van der Waals surface area contributed by atoms with Crippen LogP contribution in [0.3, 0.4) is 0 Å². The highest BCUT2D eigenvalue weighted by Gasteiger charge is 2.12. The van der Waals surface area contributed by atoms with Crippen LogP contribution in [0.15, 0.2) is 0 Å². The summed E-state index contributed by atoms with van der Waals surface area (Å²) in [5, 5.41) is 0. The van der Waals surface area contributed by atoms with Crippen molar-refractivity contribution in [3.05, 3.63) is 0 Å². The Balaban J connectivity index is 3.60. The van der Waals surface area contributed by atoms with E-state index in [1.165, 1.54) is 0 Å². The van der Waals surface area contributed by atoms with Gasteiger partial charge in [0, 0.05) is 6.42 Å². The van der Waals surface area contributed by atoms with Crippen molar-refractivity contribution in [1.82, 2.24) is 3.53 Å². The lowest BCUT2D eigenvalue weighted by atomic mass is 10.1. The number of rotatable bonds is 4. The van der Waals surface area contributed by atoms with E-state index < -0.39 is 11.9 Å². The average molecular weight is 271 g/mol. The smallest absolute Gasteiger partial charge is 0.245 e. The number of hydrogen-bond acceptors (Lipinski definition) is 3. The molecule has 0 radical (unpaired) electrons. The Morgan fingerprint density at radius 1 is 1.55 bits per heavy atom. The van der Waals surface area contributed by atoms with Gasteiger partial charge in [0.05, 0.1) is 28.9 Å². The van der Waals surface area contributed by atoms with Gasteiger partial charge in [0.15, 0.2) is 0 Å². The second kappa shape index (κ2) is 5.30. The van der Waals surface area contributed by atoms with Crippen molar-refractivity contribution >= 4 is 34.7 Å². The number of amides is 2. The van der Waals surface area contributed by atoms with Gasteiger partial charge in [-0.3, -0.25) is 13.1 Å². The molecule has 1 atom stereocenters. The minimum absolute atomic E-state index is 0.144. The molecule has 6 heteroatoms. The fourth-order valence-corrected chi connectivity index (χ4v) is 0.899. The topological polar surface area (TPSA) is 98.2 Å². The van der Waals surface area contributed by atoms with E-state index in [1.807, 2.05) is 0 Å². The Morgan fingerprint density at radius 3 is 2.45 bits per heavy atom. The monoisotopic (exact) mass is 271 g/mol. The van der Waals surface area contributed by atoms with Crippen LogP contribution in [0.1, 0.15) is 12.8 Å². The molecule has 0 aromatic heterocycles. The zero-order valence-corrected chi connectivity index (χ0v) is 8.00. The summed E-state index contributed by atoms with van der Waals surface area (Å²) in [5.41, 5.74) is 10.2. The molecule has 0 heterocycles. The van der Waals surface area contributed by atoms with Crippen LogP contribution in [0.2, 0.25) is 0 Å². The molecule has 5 N–H and O–H groups in total. The molecular formula is C5H10IN3O2. The van der Waals surface area contributed by atoms with E-state index in [0.29, 0.717) is 6.42 Å². The summed E-state index contributed by atoms with van der Waals surface area (Å²) in [7, 11) is 0. The summed E-state index contributed by atoms with van der Waals surface area (Å²) in [6.07, 6.45) is 0.440. The van der Waals surface area contributed by atoms with E-state index >= 15 is 0 Å². The highest BCUT2D eigenvalue weighted by atomic mass is 127. The predicted octanol–water partition coefficient (Wildman–Crippen LogP) is -0.955. The number of hydrogen-bond donors (Lipinski definition) is 3. The lowest BCUT2D eigenvalue weighted by Gasteiger charge is -2.06. The normalized spacial score (nSPS) is 12.2. The molecule has 2 amide bonds. The molecule has 1 unspecified atom stereocenters. The molecule has 0 saturated heterocycles. The summed E-state index contributed by atoms with van der Waals surface area (Å²) < 4.78 is 2.34. The highest BCUT2D eigenvalue weighted by molar-refractivity contribution is 14.1. The van der Waals surface area contributed by atoms with Crippen molar-refractivity contribution in [3.63, 3.8) is 0 Å². The van der Waals surface area contributed by atoms with Crippen molar-refractivity contribution in [3.8, 4) is 0 Å².